The van der Waals surface area contributed by atoms with E-state index in [-0.39, 0.29) is 16.8 Å². The monoisotopic (exact) mass is 420 g/mol. The number of anilines is 1. The van der Waals surface area contributed by atoms with Gasteiger partial charge in [-0.1, -0.05) is 0 Å². The smallest absolute Gasteiger partial charge is 0.252 e. The molecule has 7 nitrogen and oxygen atoms in total. The van der Waals surface area contributed by atoms with Crippen LogP contribution in [0.3, 0.4) is 0 Å². The molecule has 9 heteroatoms. The fraction of sp³-hybridized carbons (Fsp3) is 0.474. The molecule has 0 unspecified atom stereocenters. The number of nitrogens with one attached hydrogen (secondary N) is 1. The normalized spacial score (nSPS) is 19.1. The second-order valence-electron chi connectivity index (χ2n) is 7.21. The fourth-order valence-electron chi connectivity index (χ4n) is 3.71. The van der Waals surface area contributed by atoms with Crippen molar-refractivity contribution < 1.29 is 13.2 Å². The summed E-state index contributed by atoms with van der Waals surface area (Å²) >= 11 is 1.52. The van der Waals surface area contributed by atoms with E-state index in [1.165, 1.54) is 21.8 Å². The van der Waals surface area contributed by atoms with E-state index >= 15 is 0 Å². The number of hydrogen-bond acceptors (Lipinski definition) is 6. The topological polar surface area (TPSA) is 82.6 Å². The third-order valence-corrected chi connectivity index (χ3v) is 7.93. The maximum Gasteiger partial charge on any atom is 0.252 e. The summed E-state index contributed by atoms with van der Waals surface area (Å²) in [4.78, 5) is 19.0. The Morgan fingerprint density at radius 3 is 2.46 bits per heavy atom. The van der Waals surface area contributed by atoms with E-state index in [2.05, 4.69) is 15.2 Å². The van der Waals surface area contributed by atoms with E-state index < -0.39 is 10.0 Å². The van der Waals surface area contributed by atoms with Gasteiger partial charge in [0.15, 0.2) is 0 Å². The molecule has 0 spiro atoms. The van der Waals surface area contributed by atoms with E-state index in [9.17, 15) is 13.2 Å². The van der Waals surface area contributed by atoms with Crippen molar-refractivity contribution in [2.45, 2.75) is 36.6 Å². The summed E-state index contributed by atoms with van der Waals surface area (Å²) in [6, 6.07) is 5.42. The van der Waals surface area contributed by atoms with Gasteiger partial charge in [0.1, 0.15) is 10.7 Å². The minimum Gasteiger partial charge on any atom is -0.356 e. The summed E-state index contributed by atoms with van der Waals surface area (Å²) in [5.74, 6) is 0.761. The standard InChI is InChI=1S/C19H24N4O3S2/c24-19(15-7-12-27-14-15)21-16-5-10-22(11-6-16)18-4-3-17(13-20-18)28(25,26)23-8-1-2-9-23/h3-4,7,12-14,16H,1-2,5-6,8-11H2,(H,21,24). The zero-order valence-corrected chi connectivity index (χ0v) is 17.2. The number of aromatic nitrogens is 1. The highest BCUT2D eigenvalue weighted by molar-refractivity contribution is 7.89. The lowest BCUT2D eigenvalue weighted by molar-refractivity contribution is 0.0931. The summed E-state index contributed by atoms with van der Waals surface area (Å²) in [5.41, 5.74) is 0.712. The first kappa shape index (κ1) is 19.4. The Labute approximate surface area is 169 Å². The van der Waals surface area contributed by atoms with Crippen LogP contribution in [0.4, 0.5) is 5.82 Å². The number of amides is 1. The molecule has 150 valence electrons. The van der Waals surface area contributed by atoms with Crippen LogP contribution < -0.4 is 10.2 Å². The van der Waals surface area contributed by atoms with Crippen molar-refractivity contribution in [1.82, 2.24) is 14.6 Å². The Bertz CT molecular complexity index is 899. The van der Waals surface area contributed by atoms with Crippen LogP contribution >= 0.6 is 11.3 Å². The molecule has 2 saturated heterocycles. The van der Waals surface area contributed by atoms with Crippen molar-refractivity contribution in [3.8, 4) is 0 Å². The first-order valence-electron chi connectivity index (χ1n) is 9.58. The van der Waals surface area contributed by atoms with Crippen molar-refractivity contribution in [2.75, 3.05) is 31.1 Å². The largest absolute Gasteiger partial charge is 0.356 e. The lowest BCUT2D eigenvalue weighted by atomic mass is 10.0. The third kappa shape index (κ3) is 4.06. The number of carbonyl (C=O) groups is 1. The summed E-state index contributed by atoms with van der Waals surface area (Å²) in [6.07, 6.45) is 4.98. The van der Waals surface area contributed by atoms with Crippen molar-refractivity contribution >= 4 is 33.1 Å². The maximum atomic E-state index is 12.6. The molecule has 1 N–H and O–H groups in total. The Balaban J connectivity index is 1.34. The average Bonchev–Trinajstić information content (AvgIpc) is 3.43. The van der Waals surface area contributed by atoms with Crippen molar-refractivity contribution in [2.24, 2.45) is 0 Å². The van der Waals surface area contributed by atoms with Crippen LogP contribution in [0.1, 0.15) is 36.0 Å². The van der Waals surface area contributed by atoms with Gasteiger partial charge in [-0.15, -0.1) is 0 Å². The maximum absolute atomic E-state index is 12.6. The Kier molecular flexibility index (Phi) is 5.65. The van der Waals surface area contributed by atoms with E-state index in [0.29, 0.717) is 18.7 Å². The molecule has 0 atom stereocenters. The molecule has 2 aromatic rings. The number of pyridine rings is 1. The van der Waals surface area contributed by atoms with Gasteiger partial charge in [-0.25, -0.2) is 13.4 Å². The lowest BCUT2D eigenvalue weighted by Gasteiger charge is -2.33. The Morgan fingerprint density at radius 1 is 1.11 bits per heavy atom. The van der Waals surface area contributed by atoms with Gasteiger partial charge in [-0.2, -0.15) is 15.6 Å². The highest BCUT2D eigenvalue weighted by Gasteiger charge is 2.28. The van der Waals surface area contributed by atoms with Crippen LogP contribution in [-0.4, -0.2) is 55.8 Å². The molecule has 4 heterocycles. The first-order chi connectivity index (χ1) is 13.5. The second-order valence-corrected chi connectivity index (χ2v) is 9.93. The highest BCUT2D eigenvalue weighted by Crippen LogP contribution is 2.23. The molecular weight excluding hydrogens is 396 g/mol. The van der Waals surface area contributed by atoms with Crippen LogP contribution in [0, 0.1) is 0 Å². The summed E-state index contributed by atoms with van der Waals surface area (Å²) in [6.45, 7) is 2.74. The van der Waals surface area contributed by atoms with Gasteiger partial charge in [0.2, 0.25) is 10.0 Å². The molecule has 28 heavy (non-hydrogen) atoms. The lowest BCUT2D eigenvalue weighted by Crippen LogP contribution is -2.44. The minimum atomic E-state index is -3.42. The molecule has 0 aromatic carbocycles. The van der Waals surface area contributed by atoms with E-state index in [0.717, 1.165) is 44.6 Å². The van der Waals surface area contributed by atoms with Gasteiger partial charge in [0, 0.05) is 49.4 Å². The van der Waals surface area contributed by atoms with Crippen molar-refractivity contribution in [3.05, 3.63) is 40.7 Å². The predicted molar refractivity (Wildman–Crippen MR) is 109 cm³/mol. The number of piperidine rings is 1. The molecule has 0 aliphatic carbocycles. The number of hydrogen-bond donors (Lipinski definition) is 1. The van der Waals surface area contributed by atoms with Crippen LogP contribution in [0.2, 0.25) is 0 Å². The fourth-order valence-corrected chi connectivity index (χ4v) is 5.80. The van der Waals surface area contributed by atoms with E-state index in [4.69, 9.17) is 0 Å². The molecule has 2 fully saturated rings. The molecular formula is C19H24N4O3S2. The number of nitrogens with zero attached hydrogens (tertiary/aromatic N) is 3. The van der Waals surface area contributed by atoms with Crippen LogP contribution in [-0.2, 0) is 10.0 Å². The molecule has 0 radical (unpaired) electrons. The molecule has 2 aliphatic heterocycles. The van der Waals surface area contributed by atoms with Gasteiger partial charge in [-0.3, -0.25) is 4.79 Å². The number of rotatable bonds is 5. The predicted octanol–water partition coefficient (Wildman–Crippen LogP) is 2.33. The van der Waals surface area contributed by atoms with Gasteiger partial charge in [0.25, 0.3) is 5.91 Å². The van der Waals surface area contributed by atoms with Crippen LogP contribution in [0.5, 0.6) is 0 Å². The molecule has 2 aliphatic rings. The second kappa shape index (κ2) is 8.18. The Morgan fingerprint density at radius 2 is 1.86 bits per heavy atom. The number of carbonyl (C=O) groups excluding carboxylic acids is 1. The van der Waals surface area contributed by atoms with Gasteiger partial charge in [-0.05, 0) is 49.3 Å². The highest BCUT2D eigenvalue weighted by atomic mass is 32.2. The van der Waals surface area contributed by atoms with Gasteiger partial charge >= 0.3 is 0 Å². The molecule has 4 rings (SSSR count). The average molecular weight is 421 g/mol. The van der Waals surface area contributed by atoms with Crippen LogP contribution in [0.25, 0.3) is 0 Å². The number of sulfonamides is 1. The zero-order valence-electron chi connectivity index (χ0n) is 15.6. The molecule has 2 aromatic heterocycles. The summed E-state index contributed by atoms with van der Waals surface area (Å²) in [5, 5.41) is 6.84. The van der Waals surface area contributed by atoms with E-state index in [1.54, 1.807) is 12.1 Å². The van der Waals surface area contributed by atoms with Crippen LogP contribution in [0.15, 0.2) is 40.1 Å². The zero-order chi connectivity index (χ0) is 19.6. The summed E-state index contributed by atoms with van der Waals surface area (Å²) in [7, 11) is -3.42. The summed E-state index contributed by atoms with van der Waals surface area (Å²) < 4.78 is 26.7. The minimum absolute atomic E-state index is 0.0192. The van der Waals surface area contributed by atoms with Crippen molar-refractivity contribution in [1.29, 1.82) is 0 Å². The Hall–Kier alpha value is -1.97. The first-order valence-corrected chi connectivity index (χ1v) is 12.0. The quantitative estimate of drug-likeness (QED) is 0.803. The molecule has 0 saturated carbocycles. The van der Waals surface area contributed by atoms with E-state index in [1.807, 2.05) is 16.8 Å². The molecule has 0 bridgehead atoms. The van der Waals surface area contributed by atoms with Gasteiger partial charge in [0.05, 0.1) is 0 Å². The number of thiophene rings is 1. The SMILES string of the molecule is O=C(NC1CCN(c2ccc(S(=O)(=O)N3CCCC3)cn2)CC1)c1ccsc1. The van der Waals surface area contributed by atoms with Gasteiger partial charge < -0.3 is 10.2 Å². The van der Waals surface area contributed by atoms with Crippen molar-refractivity contribution in [3.63, 3.8) is 0 Å². The third-order valence-electron chi connectivity index (χ3n) is 5.36. The molecule has 1 amide bonds.